The van der Waals surface area contributed by atoms with Gasteiger partial charge in [0.15, 0.2) is 5.78 Å². The summed E-state index contributed by atoms with van der Waals surface area (Å²) >= 11 is 18.3. The van der Waals surface area contributed by atoms with Crippen LogP contribution in [0, 0.1) is 0 Å². The van der Waals surface area contributed by atoms with Crippen LogP contribution in [0.2, 0.25) is 15.1 Å². The Kier molecular flexibility index (Phi) is 8.72. The van der Waals surface area contributed by atoms with Crippen molar-refractivity contribution in [2.75, 3.05) is 31.9 Å². The summed E-state index contributed by atoms with van der Waals surface area (Å²) < 4.78 is 54.3. The lowest BCUT2D eigenvalue weighted by Gasteiger charge is -2.51. The first-order valence-electron chi connectivity index (χ1n) is 11.2. The van der Waals surface area contributed by atoms with Crippen LogP contribution in [0.1, 0.15) is 62.2 Å². The van der Waals surface area contributed by atoms with Gasteiger partial charge in [-0.3, -0.25) is 9.69 Å². The number of Topliss-reactive ketones (excluding diaryl/α,β-unsaturated/α-hetero) is 1. The van der Waals surface area contributed by atoms with Gasteiger partial charge in [-0.05, 0) is 37.8 Å². The zero-order valence-corrected chi connectivity index (χ0v) is 21.6. The number of alkyl halides is 2. The summed E-state index contributed by atoms with van der Waals surface area (Å²) in [6, 6.07) is 2.91. The molecule has 1 aliphatic heterocycles. The zero-order valence-electron chi connectivity index (χ0n) is 18.6. The smallest absolute Gasteiger partial charge is 0.248 e. The number of hydrogen-bond acceptors (Lipinski definition) is 4. The second-order valence-electron chi connectivity index (χ2n) is 8.95. The summed E-state index contributed by atoms with van der Waals surface area (Å²) in [6.45, 7) is 3.37. The highest BCUT2D eigenvalue weighted by molar-refractivity contribution is 7.89. The Hall–Kier alpha value is -0.510. The van der Waals surface area contributed by atoms with Crippen LogP contribution in [0.5, 0.6) is 0 Å². The molecule has 0 amide bonds. The van der Waals surface area contributed by atoms with Gasteiger partial charge in [0.2, 0.25) is 15.9 Å². The van der Waals surface area contributed by atoms with Crippen LogP contribution in [0.25, 0.3) is 0 Å². The summed E-state index contributed by atoms with van der Waals surface area (Å²) in [7, 11) is -3.31. The highest BCUT2D eigenvalue weighted by atomic mass is 35.5. The Morgan fingerprint density at radius 1 is 1.00 bits per heavy atom. The molecule has 33 heavy (non-hydrogen) atoms. The minimum absolute atomic E-state index is 0.0982. The molecular weight excluding hydrogens is 517 g/mol. The van der Waals surface area contributed by atoms with E-state index < -0.39 is 21.5 Å². The van der Waals surface area contributed by atoms with Crippen LogP contribution < -0.4 is 0 Å². The van der Waals surface area contributed by atoms with E-state index >= 15 is 0 Å². The van der Waals surface area contributed by atoms with Crippen LogP contribution in [0.3, 0.4) is 0 Å². The average Bonchev–Trinajstić information content (AvgIpc) is 2.73. The molecule has 2 aliphatic rings. The highest BCUT2D eigenvalue weighted by Gasteiger charge is 2.47. The van der Waals surface area contributed by atoms with Gasteiger partial charge in [-0.15, -0.1) is 0 Å². The maximum atomic E-state index is 14.0. The number of hydrogen-bond donors (Lipinski definition) is 0. The van der Waals surface area contributed by atoms with Crippen LogP contribution >= 0.6 is 34.8 Å². The molecule has 0 unspecified atom stereocenters. The van der Waals surface area contributed by atoms with Crippen molar-refractivity contribution in [1.82, 2.24) is 9.21 Å². The Bertz CT molecular complexity index is 950. The third-order valence-electron chi connectivity index (χ3n) is 6.78. The third-order valence-corrected chi connectivity index (χ3v) is 9.67. The second-order valence-corrected chi connectivity index (χ2v) is 12.3. The lowest BCUT2D eigenvalue weighted by molar-refractivity contribution is -0.0891. The van der Waals surface area contributed by atoms with Crippen LogP contribution in [-0.2, 0) is 10.0 Å². The average molecular weight is 546 g/mol. The van der Waals surface area contributed by atoms with E-state index in [0.717, 1.165) is 0 Å². The normalized spacial score (nSPS) is 21.8. The number of sulfonamides is 1. The molecule has 0 atom stereocenters. The van der Waals surface area contributed by atoms with Crippen molar-refractivity contribution in [3.63, 3.8) is 0 Å². The van der Waals surface area contributed by atoms with Crippen molar-refractivity contribution in [1.29, 1.82) is 0 Å². The molecule has 3 rings (SSSR count). The SMILES string of the molecule is CCCS(=O)(=O)N1CCN(C2(CCC(=O)c3c(Cl)cc(Cl)cc3Cl)CCC(F)(F)CC2)CC1. The van der Waals surface area contributed by atoms with Crippen molar-refractivity contribution in [2.45, 2.75) is 63.3 Å². The lowest BCUT2D eigenvalue weighted by Crippen LogP contribution is -2.60. The number of halogens is 5. The van der Waals surface area contributed by atoms with Crippen LogP contribution in [-0.4, -0.2) is 66.8 Å². The van der Waals surface area contributed by atoms with E-state index in [4.69, 9.17) is 34.8 Å². The lowest BCUT2D eigenvalue weighted by atomic mass is 9.74. The largest absolute Gasteiger partial charge is 0.295 e. The Morgan fingerprint density at radius 3 is 2.06 bits per heavy atom. The Balaban J connectivity index is 1.75. The predicted molar refractivity (Wildman–Crippen MR) is 128 cm³/mol. The third kappa shape index (κ3) is 6.39. The predicted octanol–water partition coefficient (Wildman–Crippen LogP) is 5.92. The van der Waals surface area contributed by atoms with Crippen LogP contribution in [0.15, 0.2) is 12.1 Å². The van der Waals surface area contributed by atoms with Crippen molar-refractivity contribution in [3.8, 4) is 0 Å². The molecule has 1 heterocycles. The van der Waals surface area contributed by atoms with Gasteiger partial charge in [0.05, 0.1) is 21.4 Å². The molecule has 1 aromatic rings. The van der Waals surface area contributed by atoms with Gasteiger partial charge < -0.3 is 0 Å². The second kappa shape index (κ2) is 10.6. The molecule has 0 radical (unpaired) electrons. The van der Waals surface area contributed by atoms with Gasteiger partial charge in [0.25, 0.3) is 0 Å². The van der Waals surface area contributed by atoms with Crippen molar-refractivity contribution < 1.29 is 22.0 Å². The van der Waals surface area contributed by atoms with E-state index in [1.807, 2.05) is 6.92 Å². The first-order valence-corrected chi connectivity index (χ1v) is 13.9. The summed E-state index contributed by atoms with van der Waals surface area (Å²) in [5.74, 6) is -2.88. The summed E-state index contributed by atoms with van der Waals surface area (Å²) in [6.07, 6.45) is 1.00. The topological polar surface area (TPSA) is 57.7 Å². The maximum absolute atomic E-state index is 14.0. The van der Waals surface area contributed by atoms with E-state index in [1.54, 1.807) is 0 Å². The number of rotatable bonds is 8. The fourth-order valence-electron chi connectivity index (χ4n) is 4.91. The molecule has 1 aliphatic carbocycles. The van der Waals surface area contributed by atoms with E-state index in [2.05, 4.69) is 4.90 Å². The fourth-order valence-corrected chi connectivity index (χ4v) is 7.43. The first kappa shape index (κ1) is 27.1. The molecule has 2 fully saturated rings. The molecule has 1 saturated heterocycles. The van der Waals surface area contributed by atoms with Gasteiger partial charge in [-0.2, -0.15) is 4.31 Å². The number of nitrogens with zero attached hydrogens (tertiary/aromatic N) is 2. The molecule has 5 nitrogen and oxygen atoms in total. The summed E-state index contributed by atoms with van der Waals surface area (Å²) in [5, 5.41) is 0.649. The first-order chi connectivity index (χ1) is 15.4. The molecule has 11 heteroatoms. The molecule has 186 valence electrons. The van der Waals surface area contributed by atoms with Crippen LogP contribution in [0.4, 0.5) is 8.78 Å². The zero-order chi connectivity index (χ0) is 24.4. The number of piperazine rings is 1. The van der Waals surface area contributed by atoms with Gasteiger partial charge >= 0.3 is 0 Å². The van der Waals surface area contributed by atoms with Crippen molar-refractivity contribution >= 4 is 50.6 Å². The number of benzene rings is 1. The number of carbonyl (C=O) groups is 1. The number of ketones is 1. The summed E-state index contributed by atoms with van der Waals surface area (Å²) in [4.78, 5) is 15.1. The van der Waals surface area contributed by atoms with Gasteiger partial charge in [-0.25, -0.2) is 17.2 Å². The molecule has 0 bridgehead atoms. The summed E-state index contributed by atoms with van der Waals surface area (Å²) in [5.41, 5.74) is -0.405. The minimum atomic E-state index is -3.31. The molecule has 0 aromatic heterocycles. The minimum Gasteiger partial charge on any atom is -0.295 e. The maximum Gasteiger partial charge on any atom is 0.248 e. The molecular formula is C22H29Cl3F2N2O3S. The van der Waals surface area contributed by atoms with E-state index in [1.165, 1.54) is 16.4 Å². The van der Waals surface area contributed by atoms with E-state index in [-0.39, 0.29) is 59.2 Å². The quantitative estimate of drug-likeness (QED) is 0.381. The standard InChI is InChI=1S/C22H29Cl3F2N2O3S/c1-2-13-33(31,32)29-11-9-28(10-12-29)21(5-7-22(26,27)8-6-21)4-3-19(30)20-17(24)14-16(23)15-18(20)25/h14-15H,2-13H2,1H3. The van der Waals surface area contributed by atoms with Crippen molar-refractivity contribution in [3.05, 3.63) is 32.8 Å². The molecule has 0 N–H and O–H groups in total. The van der Waals surface area contributed by atoms with Gasteiger partial charge in [-0.1, -0.05) is 41.7 Å². The molecule has 1 saturated carbocycles. The highest BCUT2D eigenvalue weighted by Crippen LogP contribution is 2.45. The fraction of sp³-hybridized carbons (Fsp3) is 0.682. The monoisotopic (exact) mass is 544 g/mol. The Morgan fingerprint density at radius 2 is 1.55 bits per heavy atom. The molecule has 0 spiro atoms. The number of carbonyl (C=O) groups excluding carboxylic acids is 1. The molecule has 1 aromatic carbocycles. The van der Waals surface area contributed by atoms with E-state index in [9.17, 15) is 22.0 Å². The Labute approximate surface area is 209 Å². The van der Waals surface area contributed by atoms with E-state index in [0.29, 0.717) is 44.0 Å². The van der Waals surface area contributed by atoms with Gasteiger partial charge in [0, 0.05) is 56.0 Å². The van der Waals surface area contributed by atoms with Crippen molar-refractivity contribution in [2.24, 2.45) is 0 Å². The van der Waals surface area contributed by atoms with Gasteiger partial charge in [0.1, 0.15) is 0 Å².